The fourth-order valence-electron chi connectivity index (χ4n) is 5.53. The molecule has 1 aliphatic heterocycles. The Kier molecular flexibility index (Phi) is 17.6. The largest absolute Gasteiger partial charge is 0.463 e. The van der Waals surface area contributed by atoms with Gasteiger partial charge in [0.2, 0.25) is 5.91 Å². The van der Waals surface area contributed by atoms with Gasteiger partial charge >= 0.3 is 30.7 Å². The van der Waals surface area contributed by atoms with Crippen LogP contribution in [0.2, 0.25) is 0 Å². The van der Waals surface area contributed by atoms with Crippen molar-refractivity contribution in [3.05, 3.63) is 0 Å². The minimum atomic E-state index is -3.51. The van der Waals surface area contributed by atoms with Gasteiger partial charge < -0.3 is 63.0 Å². The van der Waals surface area contributed by atoms with Gasteiger partial charge in [0.15, 0.2) is 18.5 Å². The van der Waals surface area contributed by atoms with Crippen molar-refractivity contribution in [2.45, 2.75) is 95.9 Å². The van der Waals surface area contributed by atoms with Gasteiger partial charge in [-0.05, 0) is 31.1 Å². The van der Waals surface area contributed by atoms with E-state index >= 15 is 0 Å². The van der Waals surface area contributed by atoms with Crippen molar-refractivity contribution in [1.82, 2.24) is 16.0 Å². The minimum Gasteiger partial charge on any atom is -0.463 e. The number of ether oxygens (including phenoxy) is 7. The predicted octanol–water partition coefficient (Wildman–Crippen LogP) is 0.0368. The highest BCUT2D eigenvalue weighted by molar-refractivity contribution is 8.07. The number of amides is 3. The van der Waals surface area contributed by atoms with Crippen molar-refractivity contribution in [3.63, 3.8) is 0 Å². The van der Waals surface area contributed by atoms with Crippen LogP contribution in [0.4, 0.5) is 4.79 Å². The SMILES string of the molecule is COC[C@H]1C[C@H](NC(=O)NCCCCO[C@@H]2O[C@H](COC(C)=O)[C@H](OC(C)=O)[C@H](OC(C)=O)[C@H]2NC(C)=O)C(OC)C1OP(O)(=S)OC. The van der Waals surface area contributed by atoms with Crippen molar-refractivity contribution in [2.75, 3.05) is 47.7 Å². The smallest absolute Gasteiger partial charge is 0.324 e. The number of hydrogen-bond acceptors (Lipinski definition) is 15. The highest BCUT2D eigenvalue weighted by atomic mass is 32.5. The molecule has 18 nitrogen and oxygen atoms in total. The van der Waals surface area contributed by atoms with Crippen LogP contribution in [-0.4, -0.2) is 131 Å². The lowest BCUT2D eigenvalue weighted by Crippen LogP contribution is -2.66. The zero-order valence-corrected chi connectivity index (χ0v) is 29.9. The maximum Gasteiger partial charge on any atom is 0.324 e. The summed E-state index contributed by atoms with van der Waals surface area (Å²) in [6.45, 7) is 1.53. The number of rotatable bonds is 18. The van der Waals surface area contributed by atoms with Crippen LogP contribution in [0, 0.1) is 5.92 Å². The number of urea groups is 1. The normalized spacial score (nSPS) is 29.6. The highest BCUT2D eigenvalue weighted by Gasteiger charge is 2.51. The first-order valence-corrected chi connectivity index (χ1v) is 17.9. The Morgan fingerprint density at radius 1 is 0.875 bits per heavy atom. The lowest BCUT2D eigenvalue weighted by Gasteiger charge is -2.44. The van der Waals surface area contributed by atoms with Crippen LogP contribution >= 0.6 is 6.72 Å². The van der Waals surface area contributed by atoms with E-state index in [0.717, 1.165) is 13.8 Å². The van der Waals surface area contributed by atoms with E-state index in [1.807, 2.05) is 0 Å². The molecule has 48 heavy (non-hydrogen) atoms. The van der Waals surface area contributed by atoms with Crippen molar-refractivity contribution in [1.29, 1.82) is 0 Å². The number of esters is 3. The number of carbonyl (C=O) groups is 5. The topological polar surface area (TPSA) is 225 Å². The summed E-state index contributed by atoms with van der Waals surface area (Å²) in [4.78, 5) is 70.4. The first-order chi connectivity index (χ1) is 22.6. The maximum atomic E-state index is 12.7. The molecule has 1 heterocycles. The molecule has 0 aromatic carbocycles. The third-order valence-electron chi connectivity index (χ3n) is 7.41. The molecule has 276 valence electrons. The number of unbranched alkanes of at least 4 members (excludes halogenated alkanes) is 1. The fraction of sp³-hybridized carbons (Fsp3) is 0.821. The molecule has 0 aromatic rings. The van der Waals surface area contributed by atoms with E-state index in [1.54, 1.807) is 0 Å². The molecular formula is C28H48N3O15PS. The summed E-state index contributed by atoms with van der Waals surface area (Å²) < 4.78 is 49.3. The Bertz CT molecular complexity index is 1150. The third kappa shape index (κ3) is 13.4. The van der Waals surface area contributed by atoms with E-state index in [1.165, 1.54) is 35.2 Å². The van der Waals surface area contributed by atoms with Gasteiger partial charge in [0.25, 0.3) is 0 Å². The van der Waals surface area contributed by atoms with Crippen molar-refractivity contribution in [3.8, 4) is 0 Å². The Morgan fingerprint density at radius 2 is 1.54 bits per heavy atom. The van der Waals surface area contributed by atoms with Gasteiger partial charge in [-0.3, -0.25) is 19.2 Å². The molecule has 20 heteroatoms. The first kappa shape index (κ1) is 41.7. The molecule has 10 atom stereocenters. The van der Waals surface area contributed by atoms with Crippen molar-refractivity contribution in [2.24, 2.45) is 5.92 Å². The van der Waals surface area contributed by atoms with Crippen molar-refractivity contribution >= 4 is 48.4 Å². The van der Waals surface area contributed by atoms with Crippen molar-refractivity contribution < 1.29 is 71.1 Å². The second-order valence-corrected chi connectivity index (χ2v) is 14.1. The lowest BCUT2D eigenvalue weighted by atomic mass is 9.96. The van der Waals surface area contributed by atoms with Crippen LogP contribution in [0.25, 0.3) is 0 Å². The van der Waals surface area contributed by atoms with Gasteiger partial charge in [0.1, 0.15) is 31.0 Å². The molecule has 0 aromatic heterocycles. The van der Waals surface area contributed by atoms with E-state index in [-0.39, 0.29) is 32.3 Å². The quantitative estimate of drug-likeness (QED) is 0.0632. The second kappa shape index (κ2) is 20.3. The van der Waals surface area contributed by atoms with Gasteiger partial charge in [0.05, 0.1) is 12.6 Å². The maximum absolute atomic E-state index is 12.7. The Hall–Kier alpha value is -2.48. The molecule has 2 rings (SSSR count). The molecular weight excluding hydrogens is 681 g/mol. The van der Waals surface area contributed by atoms with Gasteiger partial charge in [-0.15, -0.1) is 0 Å². The molecule has 0 bridgehead atoms. The monoisotopic (exact) mass is 729 g/mol. The Morgan fingerprint density at radius 3 is 2.10 bits per heavy atom. The Labute approximate surface area is 284 Å². The summed E-state index contributed by atoms with van der Waals surface area (Å²) >= 11 is 5.01. The lowest BCUT2D eigenvalue weighted by molar-refractivity contribution is -0.277. The predicted molar refractivity (Wildman–Crippen MR) is 169 cm³/mol. The summed E-state index contributed by atoms with van der Waals surface area (Å²) in [5.74, 6) is -2.76. The first-order valence-electron chi connectivity index (χ1n) is 15.3. The van der Waals surface area contributed by atoms with E-state index in [4.69, 9.17) is 54.0 Å². The summed E-state index contributed by atoms with van der Waals surface area (Å²) in [7, 11) is 4.25. The highest BCUT2D eigenvalue weighted by Crippen LogP contribution is 2.48. The molecule has 4 N–H and O–H groups in total. The van der Waals surface area contributed by atoms with Gasteiger partial charge in [-0.25, -0.2) is 4.79 Å². The zero-order valence-electron chi connectivity index (χ0n) is 28.2. The van der Waals surface area contributed by atoms with Crippen LogP contribution in [0.15, 0.2) is 0 Å². The minimum absolute atomic E-state index is 0.0913. The number of carbonyl (C=O) groups excluding carboxylic acids is 5. The average Bonchev–Trinajstić information content (AvgIpc) is 3.30. The summed E-state index contributed by atoms with van der Waals surface area (Å²) in [5, 5.41) is 8.28. The van der Waals surface area contributed by atoms with Crippen LogP contribution in [0.5, 0.6) is 0 Å². The molecule has 0 spiro atoms. The zero-order chi connectivity index (χ0) is 36.0. The Balaban J connectivity index is 1.98. The number of hydrogen-bond donors (Lipinski definition) is 4. The van der Waals surface area contributed by atoms with Crippen LogP contribution in [0.3, 0.4) is 0 Å². The van der Waals surface area contributed by atoms with Crippen LogP contribution in [0.1, 0.15) is 47.0 Å². The molecule has 1 aliphatic carbocycles. The van der Waals surface area contributed by atoms with E-state index in [9.17, 15) is 28.9 Å². The molecule has 3 unspecified atom stereocenters. The van der Waals surface area contributed by atoms with Gasteiger partial charge in [-0.1, -0.05) is 0 Å². The molecule has 2 aliphatic rings. The standard InChI is InChI=1S/C28H48N3O15PS/c1-15(32)30-22-26(44-18(4)35)25(43-17(3)34)21(14-42-16(2)33)45-27(22)41-11-9-8-10-29-28(36)31-20-12-19(13-38-5)23(24(20)39-6)46-47(37,48)40-7/h19-27H,8-14H2,1-7H3,(H,30,32)(H,37,48)(H2,29,31,36)/t19-,20+,21-,22-,23?,24?,25+,26-,27-,47?/m1/s1. The van der Waals surface area contributed by atoms with E-state index in [0.29, 0.717) is 19.3 Å². The number of methoxy groups -OCH3 is 2. The van der Waals surface area contributed by atoms with Crippen LogP contribution < -0.4 is 16.0 Å². The second-order valence-electron chi connectivity index (χ2n) is 11.2. The van der Waals surface area contributed by atoms with Gasteiger partial charge in [-0.2, -0.15) is 0 Å². The van der Waals surface area contributed by atoms with Crippen LogP contribution in [-0.2, 0) is 73.2 Å². The molecule has 1 saturated carbocycles. The molecule has 1 saturated heterocycles. The third-order valence-corrected chi connectivity index (χ3v) is 9.08. The average molecular weight is 730 g/mol. The summed E-state index contributed by atoms with van der Waals surface area (Å²) in [6, 6.07) is -2.00. The van der Waals surface area contributed by atoms with E-state index in [2.05, 4.69) is 16.0 Å². The molecule has 0 radical (unpaired) electrons. The van der Waals surface area contributed by atoms with E-state index < -0.39 is 85.5 Å². The summed E-state index contributed by atoms with van der Waals surface area (Å²) in [5.41, 5.74) is 0. The molecule has 2 fully saturated rings. The molecule has 3 amide bonds. The summed E-state index contributed by atoms with van der Waals surface area (Å²) in [6.07, 6.45) is -4.66. The van der Waals surface area contributed by atoms with Gasteiger partial charge in [0, 0.05) is 68.1 Å². The fourth-order valence-corrected chi connectivity index (χ4v) is 6.52. The number of nitrogens with one attached hydrogen (secondary N) is 3.